The lowest BCUT2D eigenvalue weighted by Crippen LogP contribution is -2.48. The van der Waals surface area contributed by atoms with Gasteiger partial charge in [0.15, 0.2) is 0 Å². The van der Waals surface area contributed by atoms with Crippen LogP contribution in [-0.4, -0.2) is 38.4 Å². The van der Waals surface area contributed by atoms with Crippen LogP contribution in [0.15, 0.2) is 0 Å². The van der Waals surface area contributed by atoms with Crippen LogP contribution in [0.3, 0.4) is 0 Å². The molecule has 1 saturated heterocycles. The molecule has 128 valence electrons. The maximum Gasteiger partial charge on any atom is 0.673 e. The van der Waals surface area contributed by atoms with Crippen LogP contribution < -0.4 is 0 Å². The second-order valence-corrected chi connectivity index (χ2v) is 6.47. The van der Waals surface area contributed by atoms with E-state index in [-0.39, 0.29) is 0 Å². The number of likely N-dealkylation sites (tertiary alicyclic amines) is 1. The Balaban J connectivity index is 0.000000690. The summed E-state index contributed by atoms with van der Waals surface area (Å²) in [7, 11) is -3.53. The van der Waals surface area contributed by atoms with Crippen molar-refractivity contribution in [2.45, 2.75) is 71.1 Å². The van der Waals surface area contributed by atoms with Gasteiger partial charge in [-0.25, -0.2) is 0 Å². The Bertz CT molecular complexity index is 234. The van der Waals surface area contributed by atoms with Crippen LogP contribution in [-0.2, 0) is 0 Å². The van der Waals surface area contributed by atoms with E-state index in [1.165, 1.54) is 88.3 Å². The highest BCUT2D eigenvalue weighted by Gasteiger charge is 2.23. The van der Waals surface area contributed by atoms with Crippen molar-refractivity contribution in [1.82, 2.24) is 0 Å². The molecule has 0 aromatic rings. The first kappa shape index (κ1) is 20.7. The summed E-state index contributed by atoms with van der Waals surface area (Å²) in [4.78, 5) is 0. The molecule has 0 bridgehead atoms. The fourth-order valence-electron chi connectivity index (χ4n) is 2.95. The van der Waals surface area contributed by atoms with Gasteiger partial charge in [-0.1, -0.05) is 39.0 Å². The van der Waals surface area contributed by atoms with Gasteiger partial charge in [0, 0.05) is 0 Å². The summed E-state index contributed by atoms with van der Waals surface area (Å²) in [5, 5.41) is 0. The first-order valence-corrected chi connectivity index (χ1v) is 8.48. The van der Waals surface area contributed by atoms with Crippen LogP contribution in [0.5, 0.6) is 0 Å². The van der Waals surface area contributed by atoms with Gasteiger partial charge in [0.25, 0.3) is 0 Å². The van der Waals surface area contributed by atoms with Crippen molar-refractivity contribution in [3.8, 4) is 0 Å². The van der Waals surface area contributed by atoms with Gasteiger partial charge in [0.2, 0.25) is 0 Å². The summed E-state index contributed by atoms with van der Waals surface area (Å²) in [6.45, 7) is 6.61. The van der Waals surface area contributed by atoms with E-state index in [4.69, 9.17) is 0 Å². The van der Waals surface area contributed by atoms with E-state index in [1.807, 2.05) is 0 Å². The molecular weight excluding hydrogens is 281 g/mol. The number of nitrogens with zero attached hydrogens (tertiary/aromatic N) is 1. The molecule has 1 aliphatic heterocycles. The minimum absolute atomic E-state index is 1.37. The lowest BCUT2D eigenvalue weighted by molar-refractivity contribution is -0.914. The molecule has 0 aromatic heterocycles. The topological polar surface area (TPSA) is 0 Å². The molecule has 0 aliphatic carbocycles. The van der Waals surface area contributed by atoms with Crippen molar-refractivity contribution in [2.24, 2.45) is 0 Å². The van der Waals surface area contributed by atoms with Gasteiger partial charge in [0.1, 0.15) is 0 Å². The summed E-state index contributed by atoms with van der Waals surface area (Å²) in [5.41, 5.74) is 0. The third-order valence-corrected chi connectivity index (χ3v) is 4.20. The molecule has 1 aliphatic rings. The Hall–Kier alpha value is -0.255. The van der Waals surface area contributed by atoms with Gasteiger partial charge in [-0.15, -0.1) is 0 Å². The zero-order valence-electron chi connectivity index (χ0n) is 13.7. The van der Waals surface area contributed by atoms with Crippen LogP contribution in [0.2, 0.25) is 0 Å². The van der Waals surface area contributed by atoms with Gasteiger partial charge in [0.05, 0.1) is 26.7 Å². The number of hydrogen-bond acceptors (Lipinski definition) is 0. The van der Waals surface area contributed by atoms with Crippen LogP contribution in [0, 0.1) is 0 Å². The van der Waals surface area contributed by atoms with Crippen molar-refractivity contribution < 1.29 is 21.7 Å². The smallest absolute Gasteiger partial charge is 0.418 e. The normalized spacial score (nSPS) is 18.0. The molecule has 0 amide bonds. The van der Waals surface area contributed by atoms with Crippen LogP contribution in [0.1, 0.15) is 71.1 Å². The summed E-state index contributed by atoms with van der Waals surface area (Å²) in [6, 6.07) is 0. The van der Waals surface area contributed by atoms with Crippen molar-refractivity contribution in [3.63, 3.8) is 0 Å². The Morgan fingerprint density at radius 3 is 1.67 bits per heavy atom. The van der Waals surface area contributed by atoms with Gasteiger partial charge in [-0.2, -0.15) is 0 Å². The van der Waals surface area contributed by atoms with Crippen LogP contribution in [0.4, 0.5) is 17.3 Å². The quantitative estimate of drug-likeness (QED) is 0.234. The molecule has 1 heterocycles. The number of halogens is 4. The zero-order valence-corrected chi connectivity index (χ0v) is 13.7. The molecular formula is C15H32BF4N. The second kappa shape index (κ2) is 11.3. The molecule has 1 rings (SSSR count). The molecule has 0 N–H and O–H groups in total. The van der Waals surface area contributed by atoms with E-state index < -0.39 is 7.25 Å². The molecule has 0 spiro atoms. The Labute approximate surface area is 127 Å². The predicted octanol–water partition coefficient (Wildman–Crippen LogP) is 5.67. The van der Waals surface area contributed by atoms with Crippen molar-refractivity contribution >= 4 is 7.25 Å². The number of piperidine rings is 1. The first-order valence-electron chi connectivity index (χ1n) is 8.48. The molecule has 21 heavy (non-hydrogen) atoms. The molecule has 0 atom stereocenters. The minimum atomic E-state index is -6.00. The van der Waals surface area contributed by atoms with Gasteiger partial charge < -0.3 is 21.7 Å². The molecule has 1 fully saturated rings. The standard InChI is InChI=1S/C15H32N.BF4/c1-3-4-5-6-7-8-10-13-16(2)14-11-9-12-15-16;2-1(3,4)5/h3-15H2,1-2H3;/q+1;-1. The highest BCUT2D eigenvalue weighted by molar-refractivity contribution is 6.50. The average molecular weight is 313 g/mol. The lowest BCUT2D eigenvalue weighted by Gasteiger charge is -2.37. The number of rotatable bonds is 8. The first-order chi connectivity index (χ1) is 9.77. The third kappa shape index (κ3) is 15.9. The molecule has 1 nitrogen and oxygen atoms in total. The summed E-state index contributed by atoms with van der Waals surface area (Å²) in [5.74, 6) is 0. The zero-order chi connectivity index (χ0) is 16.2. The predicted molar refractivity (Wildman–Crippen MR) is 82.8 cm³/mol. The van der Waals surface area contributed by atoms with E-state index in [0.717, 1.165) is 0 Å². The van der Waals surface area contributed by atoms with E-state index >= 15 is 0 Å². The summed E-state index contributed by atoms with van der Waals surface area (Å²) < 4.78 is 40.4. The second-order valence-electron chi connectivity index (χ2n) is 6.47. The monoisotopic (exact) mass is 313 g/mol. The minimum Gasteiger partial charge on any atom is -0.418 e. The maximum atomic E-state index is 9.75. The highest BCUT2D eigenvalue weighted by Crippen LogP contribution is 2.18. The number of hydrogen-bond donors (Lipinski definition) is 0. The van der Waals surface area contributed by atoms with E-state index in [1.54, 1.807) is 0 Å². The fraction of sp³-hybridized carbons (Fsp3) is 1.00. The summed E-state index contributed by atoms with van der Waals surface area (Å²) >= 11 is 0. The van der Waals surface area contributed by atoms with Crippen LogP contribution >= 0.6 is 0 Å². The van der Waals surface area contributed by atoms with Crippen molar-refractivity contribution in [1.29, 1.82) is 0 Å². The average Bonchev–Trinajstić information content (AvgIpc) is 2.36. The Kier molecular flexibility index (Phi) is 11.2. The van der Waals surface area contributed by atoms with E-state index in [0.29, 0.717) is 0 Å². The van der Waals surface area contributed by atoms with Crippen LogP contribution in [0.25, 0.3) is 0 Å². The van der Waals surface area contributed by atoms with Gasteiger partial charge >= 0.3 is 7.25 Å². The van der Waals surface area contributed by atoms with Gasteiger partial charge in [-0.05, 0) is 32.1 Å². The Morgan fingerprint density at radius 2 is 1.19 bits per heavy atom. The van der Waals surface area contributed by atoms with Gasteiger partial charge in [-0.3, -0.25) is 0 Å². The lowest BCUT2D eigenvalue weighted by atomic mass is 10.1. The molecule has 6 heteroatoms. The summed E-state index contributed by atoms with van der Waals surface area (Å²) in [6.07, 6.45) is 14.5. The molecule has 0 saturated carbocycles. The highest BCUT2D eigenvalue weighted by atomic mass is 19.5. The van der Waals surface area contributed by atoms with E-state index in [9.17, 15) is 17.3 Å². The van der Waals surface area contributed by atoms with E-state index in [2.05, 4.69) is 14.0 Å². The molecule has 0 radical (unpaired) electrons. The molecule has 0 aromatic carbocycles. The maximum absolute atomic E-state index is 9.75. The number of quaternary nitrogens is 1. The van der Waals surface area contributed by atoms with Crippen molar-refractivity contribution in [3.05, 3.63) is 0 Å². The number of unbranched alkanes of at least 4 members (excludes halogenated alkanes) is 6. The Morgan fingerprint density at radius 1 is 0.762 bits per heavy atom. The molecule has 0 unspecified atom stereocenters. The largest absolute Gasteiger partial charge is 0.673 e. The SMILES string of the molecule is CCCCCCCCC[N+]1(C)CCCCC1.F[B-](F)(F)F. The third-order valence-electron chi connectivity index (χ3n) is 4.20. The fourth-order valence-corrected chi connectivity index (χ4v) is 2.95. The van der Waals surface area contributed by atoms with Crippen molar-refractivity contribution in [2.75, 3.05) is 26.7 Å².